The van der Waals surface area contributed by atoms with E-state index in [1.165, 1.54) is 24.3 Å². The predicted molar refractivity (Wildman–Crippen MR) is 69.9 cm³/mol. The monoisotopic (exact) mass is 475 g/mol. The van der Waals surface area contributed by atoms with Crippen LogP contribution in [0.3, 0.4) is 0 Å². The van der Waals surface area contributed by atoms with E-state index in [2.05, 4.69) is 0 Å². The van der Waals surface area contributed by atoms with Gasteiger partial charge in [-0.3, -0.25) is 0 Å². The first-order valence-electron chi connectivity index (χ1n) is 6.11. The fourth-order valence-corrected chi connectivity index (χ4v) is 5.02. The number of rotatable bonds is 5. The molecule has 128 valence electrons. The summed E-state index contributed by atoms with van der Waals surface area (Å²) in [6, 6.07) is 8.42. The molecule has 2 rings (SSSR count). The summed E-state index contributed by atoms with van der Waals surface area (Å²) in [5, 5.41) is 8.78. The van der Waals surface area contributed by atoms with E-state index >= 15 is 0 Å². The summed E-state index contributed by atoms with van der Waals surface area (Å²) in [6.45, 7) is 0. The van der Waals surface area contributed by atoms with Crippen LogP contribution in [0.4, 0.5) is 18.9 Å². The zero-order chi connectivity index (χ0) is 18.0. The van der Waals surface area contributed by atoms with E-state index in [-0.39, 0.29) is 10.6 Å². The van der Waals surface area contributed by atoms with E-state index in [4.69, 9.17) is 7.72 Å². The first kappa shape index (κ1) is 18.6. The highest BCUT2D eigenvalue weighted by atomic mass is 127. The molecule has 2 aromatic carbocycles. The predicted octanol–water partition coefficient (Wildman–Crippen LogP) is 0.0841. The third-order valence-electron chi connectivity index (χ3n) is 2.70. The van der Waals surface area contributed by atoms with Gasteiger partial charge in [-0.05, 0) is 32.8 Å². The molecule has 0 unspecified atom stereocenters. The van der Waals surface area contributed by atoms with Crippen LogP contribution in [0.1, 0.15) is 5.56 Å². The van der Waals surface area contributed by atoms with Gasteiger partial charge in [-0.15, -0.1) is 0 Å². The summed E-state index contributed by atoms with van der Waals surface area (Å²) in [5.41, 5.74) is -1.06. The summed E-state index contributed by atoms with van der Waals surface area (Å²) in [4.78, 5) is 9.99. The summed E-state index contributed by atoms with van der Waals surface area (Å²) in [6.07, 6.45) is -4.56. The molecule has 0 aromatic heterocycles. The van der Waals surface area contributed by atoms with Crippen molar-refractivity contribution < 1.29 is 55.9 Å². The maximum absolute atomic E-state index is 12.5. The molecular weight excluding hydrogens is 466 g/mol. The van der Waals surface area contributed by atoms with Crippen LogP contribution in [-0.2, 0) is 18.8 Å². The molecule has 0 aliphatic heterocycles. The van der Waals surface area contributed by atoms with Gasteiger partial charge in [0.2, 0.25) is 3.57 Å². The molecule has 0 aliphatic carbocycles. The average molecular weight is 475 g/mol. The largest absolute Gasteiger partial charge is 0.540 e. The van der Waals surface area contributed by atoms with Crippen molar-refractivity contribution in [1.82, 2.24) is 0 Å². The minimum absolute atomic E-state index is 0.0947. The van der Waals surface area contributed by atoms with Crippen LogP contribution in [0.5, 0.6) is 0 Å². The van der Waals surface area contributed by atoms with Gasteiger partial charge in [-0.2, -0.15) is 21.6 Å². The highest BCUT2D eigenvalue weighted by molar-refractivity contribution is 7.86. The Morgan fingerprint density at radius 1 is 1.08 bits per heavy atom. The molecule has 0 spiro atoms. The molecule has 0 aliphatic rings. The van der Waals surface area contributed by atoms with Gasteiger partial charge in [0.15, 0.2) is 0 Å². The highest BCUT2D eigenvalue weighted by Crippen LogP contribution is 2.29. The third kappa shape index (κ3) is 4.64. The molecule has 0 saturated carbocycles. The second kappa shape index (κ2) is 7.03. The third-order valence-corrected chi connectivity index (χ3v) is 6.92. The van der Waals surface area contributed by atoms with E-state index < -0.39 is 48.4 Å². The maximum atomic E-state index is 12.5. The first-order chi connectivity index (χ1) is 11.1. The lowest BCUT2D eigenvalue weighted by Crippen LogP contribution is -3.61. The number of benzene rings is 2. The van der Waals surface area contributed by atoms with Crippen molar-refractivity contribution in [1.29, 1.82) is 0 Å². The van der Waals surface area contributed by atoms with E-state index in [9.17, 15) is 26.5 Å². The zero-order valence-corrected chi connectivity index (χ0v) is 14.5. The van der Waals surface area contributed by atoms with Gasteiger partial charge in [0, 0.05) is 6.07 Å². The van der Waals surface area contributed by atoms with E-state index in [0.717, 1.165) is 12.1 Å². The molecule has 0 radical (unpaired) electrons. The van der Waals surface area contributed by atoms with Crippen LogP contribution in [0.2, 0.25) is 0 Å². The van der Waals surface area contributed by atoms with Crippen LogP contribution < -0.4 is 21.6 Å². The van der Waals surface area contributed by atoms with Gasteiger partial charge in [-0.25, -0.2) is 5.21 Å². The molecular formula is C13H9F3INO5S+2. The Morgan fingerprint density at radius 2 is 1.71 bits per heavy atom. The van der Waals surface area contributed by atoms with Crippen LogP contribution in [0.25, 0.3) is 0 Å². The second-order valence-corrected chi connectivity index (χ2v) is 8.64. The van der Waals surface area contributed by atoms with Crippen LogP contribution in [-0.4, -0.2) is 18.5 Å². The van der Waals surface area contributed by atoms with Gasteiger partial charge < -0.3 is 0 Å². The van der Waals surface area contributed by atoms with Crippen molar-refractivity contribution in [3.63, 3.8) is 0 Å². The second-order valence-electron chi connectivity index (χ2n) is 4.37. The molecule has 0 amide bonds. The molecule has 0 heterocycles. The minimum atomic E-state index is -4.56. The Kier molecular flexibility index (Phi) is 5.45. The lowest BCUT2D eigenvalue weighted by atomic mass is 10.2. The van der Waals surface area contributed by atoms with Crippen LogP contribution >= 0.6 is 0 Å². The van der Waals surface area contributed by atoms with Gasteiger partial charge in [0.25, 0.3) is 4.92 Å². The lowest BCUT2D eigenvalue weighted by Gasteiger charge is -2.06. The van der Waals surface area contributed by atoms with Crippen molar-refractivity contribution in [3.05, 3.63) is 62.6 Å². The average Bonchev–Trinajstić information content (AvgIpc) is 2.52. The van der Waals surface area contributed by atoms with Gasteiger partial charge in [0.1, 0.15) is 0 Å². The van der Waals surface area contributed by atoms with E-state index in [1.807, 2.05) is 0 Å². The van der Waals surface area contributed by atoms with Crippen LogP contribution in [0.15, 0.2) is 53.4 Å². The van der Waals surface area contributed by atoms with Gasteiger partial charge in [-0.1, -0.05) is 6.07 Å². The number of hydrogen-bond donors (Lipinski definition) is 1. The number of nitrogens with zero attached hydrogens (tertiary/aromatic N) is 1. The fourth-order valence-electron chi connectivity index (χ4n) is 1.57. The fraction of sp³-hybridized carbons (Fsp3) is 0.0769. The Labute approximate surface area is 145 Å². The SMILES string of the molecule is O=[N+](O)c1cccc([I+]OS(=O)(=O)c2ccc(C(F)(F)F)cc2)c1. The number of halogens is 4. The Balaban J connectivity index is 2.14. The smallest absolute Gasteiger partial charge is 0.241 e. The molecule has 0 saturated heterocycles. The first-order valence-corrected chi connectivity index (χ1v) is 9.48. The summed E-state index contributed by atoms with van der Waals surface area (Å²) >= 11 is -1.55. The summed E-state index contributed by atoms with van der Waals surface area (Å²) in [5.74, 6) is 0. The maximum Gasteiger partial charge on any atom is 0.540 e. The van der Waals surface area contributed by atoms with Crippen molar-refractivity contribution in [3.8, 4) is 0 Å². The normalized spacial score (nSPS) is 12.1. The molecule has 6 nitrogen and oxygen atoms in total. The summed E-state index contributed by atoms with van der Waals surface area (Å²) < 4.78 is 66.6. The Morgan fingerprint density at radius 3 is 2.25 bits per heavy atom. The zero-order valence-electron chi connectivity index (χ0n) is 11.6. The molecule has 24 heavy (non-hydrogen) atoms. The molecule has 11 heteroatoms. The topological polar surface area (TPSA) is 83.7 Å². The Bertz CT molecular complexity index is 853. The molecule has 2 aromatic rings. The van der Waals surface area contributed by atoms with Gasteiger partial charge >= 0.3 is 43.6 Å². The standard InChI is InChI=1S/C13H9F3INO5S/c14-13(15,16)9-4-6-12(7-5-9)24(21,22)23-17-10-2-1-3-11(8-10)18(19)20/h1-8H,(H,19,20)/q+2. The number of alkyl halides is 3. The van der Waals surface area contributed by atoms with E-state index in [1.54, 1.807) is 0 Å². The van der Waals surface area contributed by atoms with Crippen molar-refractivity contribution >= 4 is 15.8 Å². The Hall–Kier alpha value is -1.73. The molecule has 0 fully saturated rings. The van der Waals surface area contributed by atoms with Crippen LogP contribution in [0, 0.1) is 8.48 Å². The number of hydrogen-bond acceptors (Lipinski definition) is 4. The van der Waals surface area contributed by atoms with Crippen molar-refractivity contribution in [2.24, 2.45) is 0 Å². The minimum Gasteiger partial charge on any atom is -0.241 e. The van der Waals surface area contributed by atoms with Crippen molar-refractivity contribution in [2.45, 2.75) is 11.1 Å². The van der Waals surface area contributed by atoms with Gasteiger partial charge in [0.05, 0.1) is 21.4 Å². The lowest BCUT2D eigenvalue weighted by molar-refractivity contribution is -0.837. The molecule has 0 bridgehead atoms. The van der Waals surface area contributed by atoms with Crippen molar-refractivity contribution in [2.75, 3.05) is 0 Å². The molecule has 1 N–H and O–H groups in total. The summed E-state index contributed by atoms with van der Waals surface area (Å²) in [7, 11) is -4.23. The quantitative estimate of drug-likeness (QED) is 0.490. The van der Waals surface area contributed by atoms with E-state index in [0.29, 0.717) is 15.7 Å². The highest BCUT2D eigenvalue weighted by Gasteiger charge is 2.33. The molecule has 0 atom stereocenters.